The molecule has 0 aromatic carbocycles. The molecule has 0 heterocycles. The Morgan fingerprint density at radius 3 is 0.600 bits per heavy atom. The average Bonchev–Trinajstić information content (AvgIpc) is 0. The molecule has 1 heteroatoms. The number of hydrogen-bond acceptors (Lipinski definition) is 0. The van der Waals surface area contributed by atoms with Crippen LogP contribution >= 0.6 is 0 Å². The van der Waals surface area contributed by atoms with E-state index in [-0.39, 0.29) is 58.9 Å². The Kier molecular flexibility index (Phi) is 2490. The van der Waals surface area contributed by atoms with Gasteiger partial charge >= 0.3 is 0 Å². The normalized spacial score (nSPS) is 0. The summed E-state index contributed by atoms with van der Waals surface area (Å²) in [6, 6.07) is 0. The molecule has 0 aromatic rings. The summed E-state index contributed by atoms with van der Waals surface area (Å²) in [5, 5.41) is 0. The van der Waals surface area contributed by atoms with Crippen molar-refractivity contribution in [3.63, 3.8) is 0 Å². The van der Waals surface area contributed by atoms with E-state index in [0.717, 1.165) is 0 Å². The van der Waals surface area contributed by atoms with Gasteiger partial charge in [0.25, 0.3) is 0 Å². The number of rotatable bonds is 0. The summed E-state index contributed by atoms with van der Waals surface area (Å²) in [6.45, 7) is 0. The Labute approximate surface area is 58.9 Å². The molecule has 0 fully saturated rings. The largest absolute Gasteiger partial charge is 0.358 e. The molecule has 0 rings (SSSR count). The summed E-state index contributed by atoms with van der Waals surface area (Å²) < 4.78 is 0. The molecule has 0 atom stereocenters. The second kappa shape index (κ2) is 81.4. The molecule has 0 saturated carbocycles. The van der Waals surface area contributed by atoms with Crippen LogP contribution in [0.25, 0.3) is 0 Å². The van der Waals surface area contributed by atoms with Gasteiger partial charge < -0.3 is 14.9 Å². The van der Waals surface area contributed by atoms with Crippen molar-refractivity contribution in [3.8, 4) is 0 Å². The van der Waals surface area contributed by atoms with Crippen molar-refractivity contribution in [2.24, 2.45) is 0 Å². The van der Waals surface area contributed by atoms with Crippen LogP contribution in [0.2, 0.25) is 0 Å². The van der Waals surface area contributed by atoms with E-state index in [9.17, 15) is 0 Å². The minimum Gasteiger partial charge on any atom is -0.358 e. The fraction of sp³-hybridized carbons (Fsp3) is 0.500. The molecule has 0 aliphatic rings. The van der Waals surface area contributed by atoms with Crippen molar-refractivity contribution in [3.05, 3.63) is 14.9 Å². The van der Waals surface area contributed by atoms with Gasteiger partial charge in [0, 0.05) is 29.2 Å². The predicted octanol–water partition coefficient (Wildman–Crippen LogP) is 2.17. The van der Waals surface area contributed by atoms with Crippen molar-refractivity contribution in [1.82, 2.24) is 0 Å². The standard InChI is InChI=1S/2CH4.2CH3.Pu/h2*1H4;2*1H3;/q;;2*-1;. The average molecular weight is 306 g/mol. The van der Waals surface area contributed by atoms with Gasteiger partial charge in [-0.25, -0.2) is 0 Å². The molecule has 0 spiro atoms. The zero-order chi connectivity index (χ0) is 0. The molecule has 0 unspecified atom stereocenters. The van der Waals surface area contributed by atoms with Crippen LogP contribution in [-0.4, -0.2) is 0 Å². The fourth-order valence-electron chi connectivity index (χ4n) is 0. The summed E-state index contributed by atoms with van der Waals surface area (Å²) >= 11 is 0. The van der Waals surface area contributed by atoms with E-state index >= 15 is 0 Å². The van der Waals surface area contributed by atoms with Crippen LogP contribution in [0.3, 0.4) is 0 Å². The van der Waals surface area contributed by atoms with E-state index in [1.807, 2.05) is 0 Å². The predicted molar refractivity (Wildman–Crippen MR) is 26.3 cm³/mol. The zero-order valence-electron chi connectivity index (χ0n) is 2.41. The summed E-state index contributed by atoms with van der Waals surface area (Å²) in [5.74, 6) is 0. The molecular weight excluding hydrogens is 292 g/mol. The van der Waals surface area contributed by atoms with E-state index in [4.69, 9.17) is 0 Å². The summed E-state index contributed by atoms with van der Waals surface area (Å²) in [7, 11) is 0. The quantitative estimate of drug-likeness (QED) is 0.602. The maximum Gasteiger partial charge on any atom is 0 e. The van der Waals surface area contributed by atoms with Crippen LogP contribution in [0.15, 0.2) is 0 Å². The molecule has 0 aromatic heterocycles. The van der Waals surface area contributed by atoms with Crippen LogP contribution in [0.5, 0.6) is 0 Å². The van der Waals surface area contributed by atoms with Crippen LogP contribution in [0.4, 0.5) is 0 Å². The Balaban J connectivity index is 0. The second-order valence-electron chi connectivity index (χ2n) is 0. The van der Waals surface area contributed by atoms with Gasteiger partial charge in [0.1, 0.15) is 0 Å². The molecule has 38 valence electrons. The van der Waals surface area contributed by atoms with Crippen molar-refractivity contribution in [1.29, 1.82) is 0 Å². The van der Waals surface area contributed by atoms with Gasteiger partial charge in [-0.1, -0.05) is 14.9 Å². The van der Waals surface area contributed by atoms with Gasteiger partial charge in [0.2, 0.25) is 0 Å². The van der Waals surface area contributed by atoms with Gasteiger partial charge in [0.05, 0.1) is 0 Å². The van der Waals surface area contributed by atoms with Crippen molar-refractivity contribution in [2.75, 3.05) is 0 Å². The fourth-order valence-corrected chi connectivity index (χ4v) is 0. The minimum atomic E-state index is 0. The van der Waals surface area contributed by atoms with E-state index in [1.165, 1.54) is 0 Å². The zero-order valence-corrected chi connectivity index (χ0v) is 5.81. The van der Waals surface area contributed by atoms with E-state index in [2.05, 4.69) is 0 Å². The van der Waals surface area contributed by atoms with Gasteiger partial charge in [-0.05, 0) is 0 Å². The Hall–Kier alpha value is 0.987. The van der Waals surface area contributed by atoms with Crippen LogP contribution in [-0.2, 0) is 0 Å². The van der Waals surface area contributed by atoms with Gasteiger partial charge in [0.15, 0.2) is 0 Å². The third-order valence-electron chi connectivity index (χ3n) is 0. The van der Waals surface area contributed by atoms with Crippen molar-refractivity contribution in [2.45, 2.75) is 14.9 Å². The second-order valence-corrected chi connectivity index (χ2v) is 0. The molecular formula is C4H14Pu-2. The van der Waals surface area contributed by atoms with Crippen molar-refractivity contribution >= 4 is 0 Å². The van der Waals surface area contributed by atoms with Crippen molar-refractivity contribution < 1.29 is 29.2 Å². The Morgan fingerprint density at radius 2 is 0.600 bits per heavy atom. The monoisotopic (exact) mass is 300 g/mol. The molecule has 0 nitrogen and oxygen atoms in total. The topological polar surface area (TPSA) is 0 Å². The summed E-state index contributed by atoms with van der Waals surface area (Å²) in [5.41, 5.74) is 0. The van der Waals surface area contributed by atoms with Gasteiger partial charge in [-0.3, -0.25) is 0 Å². The SMILES string of the molecule is C.C.[CH3-].[CH3-].[Pu]. The Morgan fingerprint density at radius 1 is 0.600 bits per heavy atom. The van der Waals surface area contributed by atoms with E-state index in [0.29, 0.717) is 0 Å². The Bertz CT molecular complexity index is 3.61. The smallest absolute Gasteiger partial charge is 0 e. The molecule has 0 saturated heterocycles. The van der Waals surface area contributed by atoms with Gasteiger partial charge in [-0.2, -0.15) is 0 Å². The molecule has 0 aliphatic carbocycles. The first-order chi connectivity index (χ1) is 0. The third kappa shape index (κ3) is 45.7. The van der Waals surface area contributed by atoms with Crippen LogP contribution in [0, 0.1) is 44.0 Å². The molecule has 0 radical (unpaired) electrons. The molecule has 0 bridgehead atoms. The molecule has 0 amide bonds. The van der Waals surface area contributed by atoms with Crippen LogP contribution in [0.1, 0.15) is 14.9 Å². The summed E-state index contributed by atoms with van der Waals surface area (Å²) in [6.07, 6.45) is 0. The number of hydrogen-bond donors (Lipinski definition) is 0. The van der Waals surface area contributed by atoms with E-state index in [1.54, 1.807) is 0 Å². The van der Waals surface area contributed by atoms with Gasteiger partial charge in [-0.15, -0.1) is 0 Å². The maximum absolute atomic E-state index is 0. The summed E-state index contributed by atoms with van der Waals surface area (Å²) in [4.78, 5) is 0. The molecule has 0 N–H and O–H groups in total. The third-order valence-corrected chi connectivity index (χ3v) is 0. The van der Waals surface area contributed by atoms with E-state index < -0.39 is 0 Å². The first kappa shape index (κ1) is 153. The van der Waals surface area contributed by atoms with Crippen LogP contribution < -0.4 is 0 Å². The maximum atomic E-state index is 0. The molecule has 5 heavy (non-hydrogen) atoms. The molecule has 0 aliphatic heterocycles. The first-order valence-corrected chi connectivity index (χ1v) is 0. The first-order valence-electron chi connectivity index (χ1n) is 0. The minimum absolute atomic E-state index is 0.